The number of hydrogen-bond acceptors (Lipinski definition) is 7. The third-order valence-electron chi connectivity index (χ3n) is 9.68. The predicted molar refractivity (Wildman–Crippen MR) is 187 cm³/mol. The number of nitrogens with one attached hydrogen (secondary N) is 4. The number of aromatic nitrogens is 2. The first-order valence-electron chi connectivity index (χ1n) is 16.8. The minimum absolute atomic E-state index is 0.0227. The van der Waals surface area contributed by atoms with Crippen molar-refractivity contribution in [3.63, 3.8) is 0 Å². The standard InChI is InChI=1S/C25H26N4O6.C12H23N/c1-16-17-8-3-4-9-18(17)26-22(16)24(33)27-19(10-5-6-12-21(31)35-2)23(32)28-20-11-7-13-29(14-15-30)25(20)34;1-8-4-10-6-9(2)12(13-3)11(5-8)7-10/h3-4,6-9,11-13,15,19,26H,5,10,14H2,1-2H3,(H,27,33)(H,28,32);8-13H,4-7H2,1-3H3/b12-6+;/t19-;/m0./s1. The smallest absolute Gasteiger partial charge is 0.330 e. The second kappa shape index (κ2) is 17.1. The van der Waals surface area contributed by atoms with Gasteiger partial charge < -0.3 is 35.0 Å². The van der Waals surface area contributed by atoms with Crippen LogP contribution in [-0.4, -0.2) is 59.9 Å². The Balaban J connectivity index is 0.000000331. The number of hydrogen-bond donors (Lipinski definition) is 4. The van der Waals surface area contributed by atoms with Crippen molar-refractivity contribution in [2.75, 3.05) is 19.5 Å². The van der Waals surface area contributed by atoms with E-state index in [4.69, 9.17) is 0 Å². The summed E-state index contributed by atoms with van der Waals surface area (Å²) in [6.07, 6.45) is 11.1. The molecule has 5 unspecified atom stereocenters. The van der Waals surface area contributed by atoms with Gasteiger partial charge in [0.1, 0.15) is 23.7 Å². The third-order valence-corrected chi connectivity index (χ3v) is 9.68. The Hall–Kier alpha value is -4.51. The molecule has 11 nitrogen and oxygen atoms in total. The van der Waals surface area contributed by atoms with E-state index in [1.807, 2.05) is 24.3 Å². The molecule has 0 saturated heterocycles. The van der Waals surface area contributed by atoms with Gasteiger partial charge in [-0.25, -0.2) is 4.79 Å². The van der Waals surface area contributed by atoms with E-state index in [1.54, 1.807) is 6.92 Å². The maximum atomic E-state index is 13.1. The van der Waals surface area contributed by atoms with Crippen LogP contribution in [0, 0.1) is 30.6 Å². The Labute approximate surface area is 281 Å². The van der Waals surface area contributed by atoms with Gasteiger partial charge in [-0.2, -0.15) is 0 Å². The van der Waals surface area contributed by atoms with Crippen LogP contribution in [0.5, 0.6) is 0 Å². The normalized spacial score (nSPS) is 22.3. The highest BCUT2D eigenvalue weighted by Crippen LogP contribution is 2.44. The molecular formula is C37H49N5O6. The number of fused-ring (bicyclic) bond motifs is 3. The zero-order chi connectivity index (χ0) is 34.8. The molecule has 2 amide bonds. The molecule has 3 aromatic rings. The van der Waals surface area contributed by atoms with Crippen molar-refractivity contribution >= 4 is 40.7 Å². The summed E-state index contributed by atoms with van der Waals surface area (Å²) in [5.41, 5.74) is 1.28. The first kappa shape index (κ1) is 36.3. The van der Waals surface area contributed by atoms with Gasteiger partial charge in [0.15, 0.2) is 0 Å². The summed E-state index contributed by atoms with van der Waals surface area (Å²) >= 11 is 0. The summed E-state index contributed by atoms with van der Waals surface area (Å²) in [6, 6.07) is 10.2. The first-order chi connectivity index (χ1) is 23.1. The molecule has 6 atom stereocenters. The van der Waals surface area contributed by atoms with Crippen molar-refractivity contribution in [3.05, 3.63) is 76.4 Å². The van der Waals surface area contributed by atoms with Crippen LogP contribution in [0.15, 0.2) is 59.5 Å². The molecule has 1 aromatic carbocycles. The molecule has 0 aliphatic heterocycles. The van der Waals surface area contributed by atoms with Gasteiger partial charge in [-0.1, -0.05) is 38.1 Å². The van der Waals surface area contributed by atoms with Crippen LogP contribution in [0.2, 0.25) is 0 Å². The second-order valence-electron chi connectivity index (χ2n) is 13.2. The number of nitrogens with zero attached hydrogens (tertiary/aromatic N) is 1. The summed E-state index contributed by atoms with van der Waals surface area (Å²) in [4.78, 5) is 63.8. The second-order valence-corrected chi connectivity index (χ2v) is 13.2. The van der Waals surface area contributed by atoms with E-state index in [1.165, 1.54) is 63.3 Å². The number of allylic oxidation sites excluding steroid dienone is 1. The number of amides is 2. The van der Waals surface area contributed by atoms with E-state index in [0.29, 0.717) is 12.0 Å². The number of methoxy groups -OCH3 is 1. The summed E-state index contributed by atoms with van der Waals surface area (Å²) in [5.74, 6) is 2.27. The highest BCUT2D eigenvalue weighted by atomic mass is 16.5. The monoisotopic (exact) mass is 659 g/mol. The van der Waals surface area contributed by atoms with Crippen molar-refractivity contribution in [2.24, 2.45) is 23.7 Å². The fraction of sp³-hybridized carbons (Fsp3) is 0.486. The van der Waals surface area contributed by atoms with Gasteiger partial charge in [0.25, 0.3) is 11.5 Å². The van der Waals surface area contributed by atoms with Crippen LogP contribution in [0.1, 0.15) is 68.4 Å². The van der Waals surface area contributed by atoms with Gasteiger partial charge >= 0.3 is 5.97 Å². The minimum atomic E-state index is -1.02. The molecule has 0 radical (unpaired) electrons. The fourth-order valence-electron chi connectivity index (χ4n) is 7.54. The molecule has 2 aliphatic carbocycles. The first-order valence-corrected chi connectivity index (χ1v) is 16.8. The number of carbonyl (C=O) groups is 4. The molecule has 2 saturated carbocycles. The number of aldehydes is 1. The van der Waals surface area contributed by atoms with Crippen LogP contribution in [0.3, 0.4) is 0 Å². The molecule has 2 heterocycles. The van der Waals surface area contributed by atoms with Gasteiger partial charge in [-0.05, 0) is 99.9 Å². The molecule has 2 fully saturated rings. The maximum Gasteiger partial charge on any atom is 0.330 e. The average molecular weight is 660 g/mol. The van der Waals surface area contributed by atoms with Crippen molar-refractivity contribution in [1.82, 2.24) is 20.2 Å². The Morgan fingerprint density at radius 1 is 1.08 bits per heavy atom. The van der Waals surface area contributed by atoms with Gasteiger partial charge in [0.05, 0.1) is 13.7 Å². The molecule has 258 valence electrons. The van der Waals surface area contributed by atoms with Crippen LogP contribution >= 0.6 is 0 Å². The lowest BCUT2D eigenvalue weighted by Gasteiger charge is -2.46. The number of pyridine rings is 1. The quantitative estimate of drug-likeness (QED) is 0.132. The van der Waals surface area contributed by atoms with Crippen LogP contribution in [-0.2, 0) is 25.7 Å². The third kappa shape index (κ3) is 9.09. The molecule has 2 aromatic heterocycles. The van der Waals surface area contributed by atoms with Gasteiger partial charge in [-0.15, -0.1) is 0 Å². The highest BCUT2D eigenvalue weighted by Gasteiger charge is 2.39. The van der Waals surface area contributed by atoms with Crippen molar-refractivity contribution in [2.45, 2.75) is 77.9 Å². The number of ether oxygens (including phenoxy) is 1. The summed E-state index contributed by atoms with van der Waals surface area (Å²) in [5, 5.41) is 9.68. The molecule has 48 heavy (non-hydrogen) atoms. The Morgan fingerprint density at radius 2 is 1.85 bits per heavy atom. The number of aromatic amines is 1. The van der Waals surface area contributed by atoms with E-state index in [9.17, 15) is 24.0 Å². The van der Waals surface area contributed by atoms with Crippen LogP contribution < -0.4 is 21.5 Å². The SMILES string of the molecule is CNC1C(C)CC2CC(C)CC1C2.COC(=O)/C=C/CC[C@H](NC(=O)c1[nH]c2ccccc2c1C)C(=O)Nc1cccn(CC=O)c1=O. The summed E-state index contributed by atoms with van der Waals surface area (Å²) in [6.45, 7) is 6.51. The number of anilines is 1. The number of rotatable bonds is 11. The topological polar surface area (TPSA) is 151 Å². The molecule has 2 aliphatic rings. The number of esters is 1. The Kier molecular flexibility index (Phi) is 12.9. The number of para-hydroxylation sites is 1. The van der Waals surface area contributed by atoms with Crippen molar-refractivity contribution < 1.29 is 23.9 Å². The fourth-order valence-corrected chi connectivity index (χ4v) is 7.54. The van der Waals surface area contributed by atoms with Gasteiger partial charge in [-0.3, -0.25) is 14.4 Å². The molecular weight excluding hydrogens is 610 g/mol. The summed E-state index contributed by atoms with van der Waals surface area (Å²) < 4.78 is 5.71. The van der Waals surface area contributed by atoms with Gasteiger partial charge in [0.2, 0.25) is 5.91 Å². The molecule has 11 heteroatoms. The number of benzene rings is 1. The number of H-pyrrole nitrogens is 1. The lowest BCUT2D eigenvalue weighted by molar-refractivity contribution is -0.134. The summed E-state index contributed by atoms with van der Waals surface area (Å²) in [7, 11) is 3.39. The number of aryl methyl sites for hydroxylation is 1. The van der Waals surface area contributed by atoms with Crippen LogP contribution in [0.4, 0.5) is 5.69 Å². The minimum Gasteiger partial charge on any atom is -0.466 e. The Morgan fingerprint density at radius 3 is 2.56 bits per heavy atom. The van der Waals surface area contributed by atoms with Gasteiger partial charge in [0, 0.05) is 29.2 Å². The zero-order valence-electron chi connectivity index (χ0n) is 28.6. The van der Waals surface area contributed by atoms with Crippen LogP contribution in [0.25, 0.3) is 10.9 Å². The van der Waals surface area contributed by atoms with E-state index in [0.717, 1.165) is 50.7 Å². The van der Waals surface area contributed by atoms with Crippen molar-refractivity contribution in [1.29, 1.82) is 0 Å². The van der Waals surface area contributed by atoms with E-state index in [-0.39, 0.29) is 25.1 Å². The molecule has 5 rings (SSSR count). The largest absolute Gasteiger partial charge is 0.466 e. The van der Waals surface area contributed by atoms with Crippen molar-refractivity contribution in [3.8, 4) is 0 Å². The zero-order valence-corrected chi connectivity index (χ0v) is 28.6. The maximum absolute atomic E-state index is 13.1. The lowest BCUT2D eigenvalue weighted by atomic mass is 9.63. The lowest BCUT2D eigenvalue weighted by Crippen LogP contribution is -2.47. The molecule has 2 bridgehead atoms. The van der Waals surface area contributed by atoms with E-state index in [2.05, 4.69) is 46.6 Å². The molecule has 4 N–H and O–H groups in total. The molecule has 0 spiro atoms. The van der Waals surface area contributed by atoms with E-state index >= 15 is 0 Å². The average Bonchev–Trinajstić information content (AvgIpc) is 3.40. The number of carbonyl (C=O) groups excluding carboxylic acids is 4. The predicted octanol–water partition coefficient (Wildman–Crippen LogP) is 4.75. The Bertz CT molecular complexity index is 1670. The highest BCUT2D eigenvalue weighted by molar-refractivity contribution is 6.04. The van der Waals surface area contributed by atoms with E-state index < -0.39 is 29.4 Å².